The van der Waals surface area contributed by atoms with E-state index in [-0.39, 0.29) is 0 Å². The largest absolute Gasteiger partial charge is 0.0683 e. The number of allylic oxidation sites excluding steroid dienone is 2. The van der Waals surface area contributed by atoms with Crippen LogP contribution in [0.4, 0.5) is 0 Å². The molecular formula is C22H30. The van der Waals surface area contributed by atoms with E-state index in [1.807, 2.05) is 13.8 Å². The van der Waals surface area contributed by atoms with Gasteiger partial charge in [0, 0.05) is 0 Å². The first kappa shape index (κ1) is 18.2. The maximum Gasteiger partial charge on any atom is -0.00638 e. The van der Waals surface area contributed by atoms with Gasteiger partial charge in [0.25, 0.3) is 0 Å². The number of aryl methyl sites for hydroxylation is 2. The molecule has 22 heavy (non-hydrogen) atoms. The van der Waals surface area contributed by atoms with Crippen molar-refractivity contribution < 1.29 is 0 Å². The SMILES string of the molecule is CC.CC/C(=C(\C)Cc1ccccc1)c1cc(C)ccc1C. The second-order valence-electron chi connectivity index (χ2n) is 5.59. The van der Waals surface area contributed by atoms with Gasteiger partial charge in [0.15, 0.2) is 0 Å². The molecule has 2 aromatic carbocycles. The van der Waals surface area contributed by atoms with Crippen molar-refractivity contribution in [1.29, 1.82) is 0 Å². The second kappa shape index (κ2) is 9.25. The molecule has 0 aliphatic heterocycles. The molecule has 0 N–H and O–H groups in total. The lowest BCUT2D eigenvalue weighted by Gasteiger charge is -2.15. The molecule has 0 saturated heterocycles. The van der Waals surface area contributed by atoms with Gasteiger partial charge in [-0.25, -0.2) is 0 Å². The summed E-state index contributed by atoms with van der Waals surface area (Å²) in [5, 5.41) is 0. The van der Waals surface area contributed by atoms with E-state index in [2.05, 4.69) is 76.2 Å². The summed E-state index contributed by atoms with van der Waals surface area (Å²) in [4.78, 5) is 0. The molecule has 0 aliphatic rings. The second-order valence-corrected chi connectivity index (χ2v) is 5.59. The van der Waals surface area contributed by atoms with E-state index >= 15 is 0 Å². The van der Waals surface area contributed by atoms with Crippen LogP contribution in [0.1, 0.15) is 56.4 Å². The molecule has 2 aromatic rings. The van der Waals surface area contributed by atoms with Crippen molar-refractivity contribution in [3.05, 3.63) is 76.4 Å². The molecule has 0 amide bonds. The van der Waals surface area contributed by atoms with E-state index in [0.29, 0.717) is 0 Å². The Bertz CT molecular complexity index is 603. The highest BCUT2D eigenvalue weighted by molar-refractivity contribution is 5.71. The average molecular weight is 294 g/mol. The molecule has 0 unspecified atom stereocenters. The quantitative estimate of drug-likeness (QED) is 0.584. The van der Waals surface area contributed by atoms with Crippen LogP contribution in [-0.4, -0.2) is 0 Å². The number of rotatable bonds is 4. The Morgan fingerprint density at radius 2 is 1.55 bits per heavy atom. The maximum atomic E-state index is 2.32. The number of benzene rings is 2. The van der Waals surface area contributed by atoms with E-state index in [0.717, 1.165) is 12.8 Å². The van der Waals surface area contributed by atoms with Crippen molar-refractivity contribution in [1.82, 2.24) is 0 Å². The normalized spacial score (nSPS) is 11.4. The van der Waals surface area contributed by atoms with E-state index in [4.69, 9.17) is 0 Å². The molecule has 0 atom stereocenters. The minimum absolute atomic E-state index is 1.04. The Balaban J connectivity index is 0.00000116. The fourth-order valence-electron chi connectivity index (χ4n) is 2.79. The summed E-state index contributed by atoms with van der Waals surface area (Å²) in [5.74, 6) is 0. The summed E-state index contributed by atoms with van der Waals surface area (Å²) in [6, 6.07) is 17.5. The fourth-order valence-corrected chi connectivity index (χ4v) is 2.79. The number of hydrogen-bond donors (Lipinski definition) is 0. The lowest BCUT2D eigenvalue weighted by atomic mass is 9.91. The summed E-state index contributed by atoms with van der Waals surface area (Å²) in [6.07, 6.45) is 2.13. The first-order valence-corrected chi connectivity index (χ1v) is 8.42. The monoisotopic (exact) mass is 294 g/mol. The van der Waals surface area contributed by atoms with Gasteiger partial charge in [0.1, 0.15) is 0 Å². The molecule has 0 radical (unpaired) electrons. The highest BCUT2D eigenvalue weighted by atomic mass is 14.1. The molecule has 0 aliphatic carbocycles. The van der Waals surface area contributed by atoms with Crippen molar-refractivity contribution in [2.24, 2.45) is 0 Å². The van der Waals surface area contributed by atoms with Gasteiger partial charge >= 0.3 is 0 Å². The minimum Gasteiger partial charge on any atom is -0.0683 e. The molecular weight excluding hydrogens is 264 g/mol. The highest BCUT2D eigenvalue weighted by Crippen LogP contribution is 2.27. The van der Waals surface area contributed by atoms with E-state index in [9.17, 15) is 0 Å². The summed E-state index contributed by atoms with van der Waals surface area (Å²) in [7, 11) is 0. The summed E-state index contributed by atoms with van der Waals surface area (Å²) in [5.41, 5.74) is 8.49. The van der Waals surface area contributed by atoms with Crippen LogP contribution in [0.5, 0.6) is 0 Å². The maximum absolute atomic E-state index is 2.32. The van der Waals surface area contributed by atoms with Gasteiger partial charge in [-0.15, -0.1) is 0 Å². The van der Waals surface area contributed by atoms with Crippen LogP contribution in [0.3, 0.4) is 0 Å². The van der Waals surface area contributed by atoms with Gasteiger partial charge in [-0.1, -0.05) is 80.4 Å². The first-order valence-electron chi connectivity index (χ1n) is 8.42. The standard InChI is InChI=1S/C20H24.C2H6/c1-5-19(20-13-15(2)11-12-16(20)3)17(4)14-18-9-7-6-8-10-18;1-2/h6-13H,5,14H2,1-4H3;1-2H3/b19-17-;. The van der Waals surface area contributed by atoms with Gasteiger partial charge < -0.3 is 0 Å². The Labute approximate surface area is 136 Å². The molecule has 0 fully saturated rings. The molecule has 0 heteroatoms. The van der Waals surface area contributed by atoms with Gasteiger partial charge in [0.05, 0.1) is 0 Å². The summed E-state index contributed by atoms with van der Waals surface area (Å²) in [6.45, 7) is 12.9. The van der Waals surface area contributed by atoms with Crippen LogP contribution in [0.15, 0.2) is 54.1 Å². The van der Waals surface area contributed by atoms with Crippen molar-refractivity contribution >= 4 is 5.57 Å². The third-order valence-electron chi connectivity index (χ3n) is 3.90. The molecule has 118 valence electrons. The van der Waals surface area contributed by atoms with Crippen LogP contribution < -0.4 is 0 Å². The predicted molar refractivity (Wildman–Crippen MR) is 100 cm³/mol. The van der Waals surface area contributed by atoms with Crippen molar-refractivity contribution in [2.45, 2.75) is 54.4 Å². The molecule has 0 aromatic heterocycles. The lowest BCUT2D eigenvalue weighted by molar-refractivity contribution is 1.10. The molecule has 0 bridgehead atoms. The summed E-state index contributed by atoms with van der Waals surface area (Å²) < 4.78 is 0. The van der Waals surface area contributed by atoms with Crippen LogP contribution >= 0.6 is 0 Å². The Morgan fingerprint density at radius 1 is 0.909 bits per heavy atom. The topological polar surface area (TPSA) is 0 Å². The van der Waals surface area contributed by atoms with Gasteiger partial charge in [0.2, 0.25) is 0 Å². The average Bonchev–Trinajstić information content (AvgIpc) is 2.54. The number of hydrogen-bond acceptors (Lipinski definition) is 0. The van der Waals surface area contributed by atoms with E-state index in [1.54, 1.807) is 0 Å². The van der Waals surface area contributed by atoms with Gasteiger partial charge in [-0.05, 0) is 55.9 Å². The highest BCUT2D eigenvalue weighted by Gasteiger charge is 2.08. The third-order valence-corrected chi connectivity index (χ3v) is 3.90. The summed E-state index contributed by atoms with van der Waals surface area (Å²) >= 11 is 0. The fraction of sp³-hybridized carbons (Fsp3) is 0.364. The van der Waals surface area contributed by atoms with Crippen molar-refractivity contribution in [3.8, 4) is 0 Å². The van der Waals surface area contributed by atoms with Crippen LogP contribution in [0, 0.1) is 13.8 Å². The minimum atomic E-state index is 1.04. The van der Waals surface area contributed by atoms with Crippen molar-refractivity contribution in [2.75, 3.05) is 0 Å². The zero-order chi connectivity index (χ0) is 16.5. The lowest BCUT2D eigenvalue weighted by Crippen LogP contribution is -1.96. The predicted octanol–water partition coefficient (Wildman–Crippen LogP) is 6.76. The van der Waals surface area contributed by atoms with E-state index < -0.39 is 0 Å². The molecule has 2 rings (SSSR count). The van der Waals surface area contributed by atoms with Crippen LogP contribution in [-0.2, 0) is 6.42 Å². The first-order chi connectivity index (χ1) is 10.6. The molecule has 0 heterocycles. The Hall–Kier alpha value is -1.82. The molecule has 0 spiro atoms. The molecule has 0 nitrogen and oxygen atoms in total. The third kappa shape index (κ3) is 4.87. The zero-order valence-electron chi connectivity index (χ0n) is 15.0. The van der Waals surface area contributed by atoms with Crippen molar-refractivity contribution in [3.63, 3.8) is 0 Å². The Kier molecular flexibility index (Phi) is 7.66. The van der Waals surface area contributed by atoms with Gasteiger partial charge in [-0.3, -0.25) is 0 Å². The van der Waals surface area contributed by atoms with Crippen LogP contribution in [0.2, 0.25) is 0 Å². The van der Waals surface area contributed by atoms with Crippen LogP contribution in [0.25, 0.3) is 5.57 Å². The zero-order valence-corrected chi connectivity index (χ0v) is 15.0. The van der Waals surface area contributed by atoms with Gasteiger partial charge in [-0.2, -0.15) is 0 Å². The Morgan fingerprint density at radius 3 is 2.14 bits per heavy atom. The van der Waals surface area contributed by atoms with E-state index in [1.165, 1.54) is 33.4 Å². The molecule has 0 saturated carbocycles. The smallest absolute Gasteiger partial charge is 0.00638 e.